The Hall–Kier alpha value is -0.860. The highest BCUT2D eigenvalue weighted by molar-refractivity contribution is 7.85. The molecule has 0 N–H and O–H groups in total. The molecule has 0 aromatic heterocycles. The minimum absolute atomic E-state index is 0.102. The Balaban J connectivity index is 1.76. The van der Waals surface area contributed by atoms with Crippen molar-refractivity contribution < 1.29 is 22.1 Å². The summed E-state index contributed by atoms with van der Waals surface area (Å²) in [5.74, 6) is 0.495. The fourth-order valence-corrected chi connectivity index (χ4v) is 3.21. The third-order valence-corrected chi connectivity index (χ3v) is 4.61. The summed E-state index contributed by atoms with van der Waals surface area (Å²) in [6.45, 7) is 6.37. The lowest BCUT2D eigenvalue weighted by molar-refractivity contribution is 0.103. The number of carbonyl (C=O) groups is 1. The predicted molar refractivity (Wildman–Crippen MR) is 77.5 cm³/mol. The lowest BCUT2D eigenvalue weighted by Crippen LogP contribution is -2.39. The van der Waals surface area contributed by atoms with Gasteiger partial charge in [-0.25, -0.2) is 4.79 Å². The molecule has 0 aliphatic carbocycles. The third kappa shape index (κ3) is 5.12. The molecular weight excluding hydrogens is 296 g/mol. The van der Waals surface area contributed by atoms with Gasteiger partial charge in [-0.05, 0) is 38.4 Å². The lowest BCUT2D eigenvalue weighted by Gasteiger charge is -2.32. The van der Waals surface area contributed by atoms with Crippen LogP contribution in [0.15, 0.2) is 0 Å². The monoisotopic (exact) mass is 320 g/mol. The van der Waals surface area contributed by atoms with Crippen LogP contribution in [0.4, 0.5) is 4.79 Å². The molecule has 7 nitrogen and oxygen atoms in total. The van der Waals surface area contributed by atoms with E-state index in [0.29, 0.717) is 19.0 Å². The number of ether oxygens (including phenoxy) is 1. The quantitative estimate of drug-likeness (QED) is 0.664. The van der Waals surface area contributed by atoms with Gasteiger partial charge in [0.1, 0.15) is 12.7 Å². The molecule has 0 bridgehead atoms. The van der Waals surface area contributed by atoms with Crippen molar-refractivity contribution in [2.24, 2.45) is 5.92 Å². The zero-order valence-electron chi connectivity index (χ0n) is 12.7. The fourth-order valence-electron chi connectivity index (χ4n) is 2.81. The number of likely N-dealkylation sites (tertiary alicyclic amines) is 1. The van der Waals surface area contributed by atoms with Crippen LogP contribution in [0.1, 0.15) is 19.8 Å². The number of amides is 1. The maximum Gasteiger partial charge on any atom is 0.410 e. The van der Waals surface area contributed by atoms with Crippen molar-refractivity contribution in [2.45, 2.75) is 25.9 Å². The summed E-state index contributed by atoms with van der Waals surface area (Å²) in [5.41, 5.74) is 0. The van der Waals surface area contributed by atoms with Crippen LogP contribution in [-0.4, -0.2) is 76.0 Å². The highest BCUT2D eigenvalue weighted by Gasteiger charge is 2.34. The average molecular weight is 320 g/mol. The Morgan fingerprint density at radius 2 is 2.00 bits per heavy atom. The molecule has 2 rings (SSSR count). The Kier molecular flexibility index (Phi) is 5.45. The van der Waals surface area contributed by atoms with E-state index in [4.69, 9.17) is 8.92 Å². The van der Waals surface area contributed by atoms with Crippen LogP contribution in [-0.2, 0) is 19.0 Å². The standard InChI is InChI=1S/C13H24N2O5S/c1-3-14-6-4-11(5-7-14)8-15-9-12(20-13(15)16)10-19-21(2,17)18/h11-12H,3-10H2,1-2H3. The van der Waals surface area contributed by atoms with E-state index in [1.54, 1.807) is 4.90 Å². The number of hydrogen-bond acceptors (Lipinski definition) is 6. The number of hydrogen-bond donors (Lipinski definition) is 0. The molecular formula is C13H24N2O5S. The molecule has 2 saturated heterocycles. The van der Waals surface area contributed by atoms with Crippen LogP contribution in [0.25, 0.3) is 0 Å². The zero-order valence-corrected chi connectivity index (χ0v) is 13.5. The van der Waals surface area contributed by atoms with Gasteiger partial charge in [-0.15, -0.1) is 0 Å². The summed E-state index contributed by atoms with van der Waals surface area (Å²) in [6.07, 6.45) is 2.30. The summed E-state index contributed by atoms with van der Waals surface area (Å²) in [4.78, 5) is 15.9. The van der Waals surface area contributed by atoms with Gasteiger partial charge in [0.15, 0.2) is 0 Å². The van der Waals surface area contributed by atoms with Crippen molar-refractivity contribution in [1.82, 2.24) is 9.80 Å². The zero-order chi connectivity index (χ0) is 15.5. The van der Waals surface area contributed by atoms with E-state index < -0.39 is 16.2 Å². The average Bonchev–Trinajstić information content (AvgIpc) is 2.77. The van der Waals surface area contributed by atoms with Gasteiger partial charge in [-0.3, -0.25) is 4.18 Å². The van der Waals surface area contributed by atoms with E-state index >= 15 is 0 Å². The van der Waals surface area contributed by atoms with Gasteiger partial charge in [0, 0.05) is 6.54 Å². The van der Waals surface area contributed by atoms with E-state index in [1.165, 1.54) is 0 Å². The van der Waals surface area contributed by atoms with Gasteiger partial charge in [0.05, 0.1) is 12.8 Å². The molecule has 2 aliphatic heterocycles. The Morgan fingerprint density at radius 3 is 2.57 bits per heavy atom. The van der Waals surface area contributed by atoms with E-state index in [-0.39, 0.29) is 12.7 Å². The second kappa shape index (κ2) is 6.93. The van der Waals surface area contributed by atoms with Gasteiger partial charge in [-0.1, -0.05) is 6.92 Å². The van der Waals surface area contributed by atoms with Crippen LogP contribution < -0.4 is 0 Å². The van der Waals surface area contributed by atoms with Gasteiger partial charge in [-0.2, -0.15) is 8.42 Å². The number of cyclic esters (lactones) is 1. The molecule has 8 heteroatoms. The first-order chi connectivity index (χ1) is 9.87. The van der Waals surface area contributed by atoms with Crippen molar-refractivity contribution in [2.75, 3.05) is 45.6 Å². The van der Waals surface area contributed by atoms with Crippen LogP contribution in [0.3, 0.4) is 0 Å². The minimum atomic E-state index is -3.50. The second-order valence-electron chi connectivity index (χ2n) is 5.78. The van der Waals surface area contributed by atoms with Gasteiger partial charge in [0.2, 0.25) is 0 Å². The summed E-state index contributed by atoms with van der Waals surface area (Å²) in [7, 11) is -3.50. The first kappa shape index (κ1) is 16.5. The largest absolute Gasteiger partial charge is 0.442 e. The molecule has 0 aromatic rings. The molecule has 1 unspecified atom stereocenters. The normalized spacial score (nSPS) is 25.3. The molecule has 122 valence electrons. The van der Waals surface area contributed by atoms with Gasteiger partial charge in [0.25, 0.3) is 10.1 Å². The number of nitrogens with zero attached hydrogens (tertiary/aromatic N) is 2. The van der Waals surface area contributed by atoms with Crippen LogP contribution in [0, 0.1) is 5.92 Å². The van der Waals surface area contributed by atoms with Gasteiger partial charge < -0.3 is 14.5 Å². The molecule has 1 amide bonds. The molecule has 0 spiro atoms. The third-order valence-electron chi connectivity index (χ3n) is 4.05. The Bertz CT molecular complexity index is 459. The molecule has 1 atom stereocenters. The summed E-state index contributed by atoms with van der Waals surface area (Å²) >= 11 is 0. The fraction of sp³-hybridized carbons (Fsp3) is 0.923. The van der Waals surface area contributed by atoms with Crippen LogP contribution in [0.2, 0.25) is 0 Å². The molecule has 2 heterocycles. The summed E-state index contributed by atoms with van der Waals surface area (Å²) in [6, 6.07) is 0. The first-order valence-corrected chi connectivity index (χ1v) is 9.21. The van der Waals surface area contributed by atoms with Crippen LogP contribution >= 0.6 is 0 Å². The van der Waals surface area contributed by atoms with Crippen molar-refractivity contribution in [3.63, 3.8) is 0 Å². The molecule has 21 heavy (non-hydrogen) atoms. The predicted octanol–water partition coefficient (Wildman–Crippen LogP) is 0.515. The molecule has 0 radical (unpaired) electrons. The summed E-state index contributed by atoms with van der Waals surface area (Å²) < 4.78 is 31.7. The van der Waals surface area contributed by atoms with E-state index in [1.807, 2.05) is 0 Å². The van der Waals surface area contributed by atoms with E-state index in [0.717, 1.165) is 38.7 Å². The number of rotatable bonds is 6. The molecule has 0 aromatic carbocycles. The van der Waals surface area contributed by atoms with E-state index in [2.05, 4.69) is 11.8 Å². The maximum atomic E-state index is 11.8. The smallest absolute Gasteiger partial charge is 0.410 e. The SMILES string of the molecule is CCN1CCC(CN2CC(COS(C)(=O)=O)OC2=O)CC1. The van der Waals surface area contributed by atoms with Crippen LogP contribution in [0.5, 0.6) is 0 Å². The minimum Gasteiger partial charge on any atom is -0.442 e. The topological polar surface area (TPSA) is 76.2 Å². The number of piperidine rings is 1. The van der Waals surface area contributed by atoms with Gasteiger partial charge >= 0.3 is 6.09 Å². The van der Waals surface area contributed by atoms with Crippen molar-refractivity contribution in [1.29, 1.82) is 0 Å². The lowest BCUT2D eigenvalue weighted by atomic mass is 9.96. The Labute approximate surface area is 126 Å². The second-order valence-corrected chi connectivity index (χ2v) is 7.42. The Morgan fingerprint density at radius 1 is 1.33 bits per heavy atom. The van der Waals surface area contributed by atoms with Crippen molar-refractivity contribution in [3.05, 3.63) is 0 Å². The highest BCUT2D eigenvalue weighted by atomic mass is 32.2. The molecule has 2 aliphatic rings. The summed E-state index contributed by atoms with van der Waals surface area (Å²) in [5, 5.41) is 0. The molecule has 0 saturated carbocycles. The first-order valence-electron chi connectivity index (χ1n) is 7.39. The van der Waals surface area contributed by atoms with E-state index in [9.17, 15) is 13.2 Å². The maximum absolute atomic E-state index is 11.8. The van der Waals surface area contributed by atoms with Crippen molar-refractivity contribution in [3.8, 4) is 0 Å². The highest BCUT2D eigenvalue weighted by Crippen LogP contribution is 2.21. The van der Waals surface area contributed by atoms with Crippen molar-refractivity contribution >= 4 is 16.2 Å². The molecule has 2 fully saturated rings. The number of carbonyl (C=O) groups excluding carboxylic acids is 1.